The minimum Gasteiger partial charge on any atom is -0.392 e. The summed E-state index contributed by atoms with van der Waals surface area (Å²) in [5, 5.41) is 9.68. The van der Waals surface area contributed by atoms with Crippen LogP contribution in [0.25, 0.3) is 0 Å². The molecule has 0 amide bonds. The van der Waals surface area contributed by atoms with Gasteiger partial charge in [-0.15, -0.1) is 0 Å². The molecule has 1 atom stereocenters. The van der Waals surface area contributed by atoms with Gasteiger partial charge in [0.2, 0.25) is 0 Å². The number of hydrogen-bond acceptors (Lipinski definition) is 2. The van der Waals surface area contributed by atoms with E-state index in [0.717, 1.165) is 6.54 Å². The highest BCUT2D eigenvalue weighted by atomic mass is 16.3. The van der Waals surface area contributed by atoms with Crippen LogP contribution in [0.5, 0.6) is 0 Å². The van der Waals surface area contributed by atoms with Gasteiger partial charge in [0.1, 0.15) is 0 Å². The monoisotopic (exact) mass is 327 g/mol. The molecule has 0 aromatic carbocycles. The van der Waals surface area contributed by atoms with Crippen LogP contribution in [-0.2, 0) is 0 Å². The highest BCUT2D eigenvalue weighted by molar-refractivity contribution is 4.62. The smallest absolute Gasteiger partial charge is 0.0639 e. The van der Waals surface area contributed by atoms with Gasteiger partial charge in [0, 0.05) is 6.54 Å². The van der Waals surface area contributed by atoms with Crippen LogP contribution in [0.2, 0.25) is 0 Å². The summed E-state index contributed by atoms with van der Waals surface area (Å²) in [6.07, 6.45) is 19.0. The van der Waals surface area contributed by atoms with E-state index < -0.39 is 0 Å². The maximum Gasteiger partial charge on any atom is 0.0639 e. The Bertz CT molecular complexity index is 200. The van der Waals surface area contributed by atoms with Crippen molar-refractivity contribution >= 4 is 0 Å². The van der Waals surface area contributed by atoms with Crippen molar-refractivity contribution in [2.75, 3.05) is 19.6 Å². The third-order valence-electron chi connectivity index (χ3n) is 4.68. The molecule has 0 rings (SSSR count). The first kappa shape index (κ1) is 22.9. The lowest BCUT2D eigenvalue weighted by Crippen LogP contribution is -2.32. The van der Waals surface area contributed by atoms with Gasteiger partial charge >= 0.3 is 0 Å². The van der Waals surface area contributed by atoms with Gasteiger partial charge in [-0.05, 0) is 32.9 Å². The van der Waals surface area contributed by atoms with Crippen molar-refractivity contribution < 1.29 is 5.11 Å². The average Bonchev–Trinajstić information content (AvgIpc) is 2.52. The van der Waals surface area contributed by atoms with E-state index in [2.05, 4.69) is 18.7 Å². The fraction of sp³-hybridized carbons (Fsp3) is 1.00. The van der Waals surface area contributed by atoms with Crippen LogP contribution < -0.4 is 0 Å². The molecular formula is C21H45NO. The number of aliphatic hydroxyl groups excluding tert-OH is 1. The lowest BCUT2D eigenvalue weighted by Gasteiger charge is -2.23. The van der Waals surface area contributed by atoms with E-state index in [9.17, 15) is 5.11 Å². The summed E-state index contributed by atoms with van der Waals surface area (Å²) in [5.41, 5.74) is 0. The molecule has 1 N–H and O–H groups in total. The van der Waals surface area contributed by atoms with Gasteiger partial charge in [-0.1, -0.05) is 90.9 Å². The number of aliphatic hydroxyl groups is 1. The fourth-order valence-corrected chi connectivity index (χ4v) is 3.25. The molecule has 0 saturated carbocycles. The molecule has 0 heterocycles. The zero-order valence-electron chi connectivity index (χ0n) is 16.5. The second-order valence-electron chi connectivity index (χ2n) is 7.39. The molecule has 2 heteroatoms. The summed E-state index contributed by atoms with van der Waals surface area (Å²) < 4.78 is 0. The predicted molar refractivity (Wildman–Crippen MR) is 104 cm³/mol. The standard InChI is InChI=1S/C21H45NO/c1-4-6-8-10-12-14-16-18-22(20-21(3)23)19-17-15-13-11-9-7-5-2/h21,23H,4-20H2,1-3H3. The van der Waals surface area contributed by atoms with Gasteiger partial charge in [-0.25, -0.2) is 0 Å². The minimum absolute atomic E-state index is 0.191. The van der Waals surface area contributed by atoms with E-state index in [1.807, 2.05) is 6.92 Å². The molecule has 0 saturated heterocycles. The van der Waals surface area contributed by atoms with Crippen LogP contribution in [0.15, 0.2) is 0 Å². The highest BCUT2D eigenvalue weighted by Crippen LogP contribution is 2.10. The molecule has 0 bridgehead atoms. The van der Waals surface area contributed by atoms with Crippen LogP contribution >= 0.6 is 0 Å². The Morgan fingerprint density at radius 2 is 0.957 bits per heavy atom. The van der Waals surface area contributed by atoms with Crippen molar-refractivity contribution in [3.8, 4) is 0 Å². The van der Waals surface area contributed by atoms with Crippen molar-refractivity contribution in [3.05, 3.63) is 0 Å². The van der Waals surface area contributed by atoms with Crippen LogP contribution in [-0.4, -0.2) is 35.7 Å². The van der Waals surface area contributed by atoms with Crippen LogP contribution in [0.3, 0.4) is 0 Å². The predicted octanol–water partition coefficient (Wildman–Crippen LogP) is 6.17. The third-order valence-corrected chi connectivity index (χ3v) is 4.68. The van der Waals surface area contributed by atoms with Gasteiger partial charge < -0.3 is 10.0 Å². The first-order valence-corrected chi connectivity index (χ1v) is 10.6. The Kier molecular flexibility index (Phi) is 18.2. The molecule has 0 aromatic heterocycles. The second kappa shape index (κ2) is 18.3. The zero-order valence-corrected chi connectivity index (χ0v) is 16.5. The largest absolute Gasteiger partial charge is 0.392 e. The summed E-state index contributed by atoms with van der Waals surface area (Å²) >= 11 is 0. The summed E-state index contributed by atoms with van der Waals surface area (Å²) in [4.78, 5) is 2.49. The molecule has 23 heavy (non-hydrogen) atoms. The normalized spacial score (nSPS) is 12.9. The van der Waals surface area contributed by atoms with Gasteiger partial charge in [0.05, 0.1) is 6.10 Å². The van der Waals surface area contributed by atoms with Crippen molar-refractivity contribution in [1.29, 1.82) is 0 Å². The summed E-state index contributed by atoms with van der Waals surface area (Å²) in [7, 11) is 0. The zero-order chi connectivity index (χ0) is 17.2. The minimum atomic E-state index is -0.191. The van der Waals surface area contributed by atoms with E-state index in [-0.39, 0.29) is 6.10 Å². The molecule has 0 radical (unpaired) electrons. The summed E-state index contributed by atoms with van der Waals surface area (Å²) in [6, 6.07) is 0. The van der Waals surface area contributed by atoms with Gasteiger partial charge in [0.25, 0.3) is 0 Å². The number of rotatable bonds is 18. The number of nitrogens with zero attached hydrogens (tertiary/aromatic N) is 1. The highest BCUT2D eigenvalue weighted by Gasteiger charge is 2.07. The molecule has 1 unspecified atom stereocenters. The fourth-order valence-electron chi connectivity index (χ4n) is 3.25. The van der Waals surface area contributed by atoms with E-state index in [4.69, 9.17) is 0 Å². The van der Waals surface area contributed by atoms with E-state index in [0.29, 0.717) is 0 Å². The van der Waals surface area contributed by atoms with E-state index >= 15 is 0 Å². The Morgan fingerprint density at radius 3 is 1.30 bits per heavy atom. The molecule has 140 valence electrons. The molecule has 0 fully saturated rings. The molecule has 2 nitrogen and oxygen atoms in total. The first-order chi connectivity index (χ1) is 11.2. The van der Waals surface area contributed by atoms with Crippen molar-refractivity contribution in [1.82, 2.24) is 4.90 Å². The van der Waals surface area contributed by atoms with Crippen molar-refractivity contribution in [2.24, 2.45) is 0 Å². The average molecular weight is 328 g/mol. The molecule has 0 aliphatic rings. The lowest BCUT2D eigenvalue weighted by molar-refractivity contribution is 0.123. The Labute approximate surface area is 147 Å². The van der Waals surface area contributed by atoms with Crippen LogP contribution in [0.4, 0.5) is 0 Å². The summed E-state index contributed by atoms with van der Waals surface area (Å²) in [5.74, 6) is 0. The van der Waals surface area contributed by atoms with Crippen LogP contribution in [0, 0.1) is 0 Å². The quantitative estimate of drug-likeness (QED) is 0.304. The Balaban J connectivity index is 3.60. The number of unbranched alkanes of at least 4 members (excludes halogenated alkanes) is 12. The third kappa shape index (κ3) is 18.1. The molecule has 0 spiro atoms. The van der Waals surface area contributed by atoms with Crippen molar-refractivity contribution in [3.63, 3.8) is 0 Å². The topological polar surface area (TPSA) is 23.5 Å². The summed E-state index contributed by atoms with van der Waals surface area (Å²) in [6.45, 7) is 9.67. The Hall–Kier alpha value is -0.0800. The second-order valence-corrected chi connectivity index (χ2v) is 7.39. The van der Waals surface area contributed by atoms with E-state index in [1.165, 1.54) is 103 Å². The molecule has 0 aromatic rings. The lowest BCUT2D eigenvalue weighted by atomic mass is 10.1. The molecular weight excluding hydrogens is 282 g/mol. The SMILES string of the molecule is CCCCCCCCCN(CCCCCCCCC)CC(C)O. The van der Waals surface area contributed by atoms with Crippen molar-refractivity contribution in [2.45, 2.75) is 117 Å². The van der Waals surface area contributed by atoms with Gasteiger partial charge in [0.15, 0.2) is 0 Å². The molecule has 0 aliphatic carbocycles. The van der Waals surface area contributed by atoms with Crippen LogP contribution in [0.1, 0.15) is 111 Å². The molecule has 0 aliphatic heterocycles. The Morgan fingerprint density at radius 1 is 0.609 bits per heavy atom. The maximum absolute atomic E-state index is 9.68. The number of hydrogen-bond donors (Lipinski definition) is 1. The first-order valence-electron chi connectivity index (χ1n) is 10.6. The van der Waals surface area contributed by atoms with Gasteiger partial charge in [-0.2, -0.15) is 0 Å². The van der Waals surface area contributed by atoms with E-state index in [1.54, 1.807) is 0 Å². The van der Waals surface area contributed by atoms with Gasteiger partial charge in [-0.3, -0.25) is 0 Å². The maximum atomic E-state index is 9.68.